The van der Waals surface area contributed by atoms with Gasteiger partial charge < -0.3 is 0 Å². The van der Waals surface area contributed by atoms with E-state index in [0.29, 0.717) is 6.54 Å². The first-order valence-electron chi connectivity index (χ1n) is 4.05. The van der Waals surface area contributed by atoms with Gasteiger partial charge in [0.2, 0.25) is 0 Å². The largest absolute Gasteiger partial charge is 0.274 e. The Morgan fingerprint density at radius 1 is 1.62 bits per heavy atom. The molecule has 0 aliphatic rings. The van der Waals surface area contributed by atoms with Gasteiger partial charge in [-0.15, -0.1) is 0 Å². The van der Waals surface area contributed by atoms with Crippen molar-refractivity contribution in [2.75, 3.05) is 6.54 Å². The molecule has 6 heteroatoms. The number of rotatable bonds is 4. The second kappa shape index (κ2) is 3.89. The van der Waals surface area contributed by atoms with E-state index in [4.69, 9.17) is 0 Å². The first kappa shape index (κ1) is 10.2. The SMILES string of the molecule is CCCNS(=O)(=O)c1ccn(C)n1. The topological polar surface area (TPSA) is 64.0 Å². The van der Waals surface area contributed by atoms with Crippen LogP contribution in [0.1, 0.15) is 13.3 Å². The zero-order chi connectivity index (χ0) is 9.90. The highest BCUT2D eigenvalue weighted by molar-refractivity contribution is 7.89. The number of nitrogens with one attached hydrogen (secondary N) is 1. The van der Waals surface area contributed by atoms with Crippen molar-refractivity contribution < 1.29 is 8.42 Å². The van der Waals surface area contributed by atoms with Crippen molar-refractivity contribution in [1.29, 1.82) is 0 Å². The first-order chi connectivity index (χ1) is 6.06. The molecule has 5 nitrogen and oxygen atoms in total. The van der Waals surface area contributed by atoms with Gasteiger partial charge in [0.1, 0.15) is 0 Å². The van der Waals surface area contributed by atoms with E-state index in [-0.39, 0.29) is 5.03 Å². The molecule has 13 heavy (non-hydrogen) atoms. The summed E-state index contributed by atoms with van der Waals surface area (Å²) in [7, 11) is -1.70. The minimum atomic E-state index is -3.38. The minimum Gasteiger partial charge on any atom is -0.274 e. The number of hydrogen-bond donors (Lipinski definition) is 1. The molecular formula is C7H13N3O2S. The molecule has 1 heterocycles. The van der Waals surface area contributed by atoms with Crippen molar-refractivity contribution in [1.82, 2.24) is 14.5 Å². The normalized spacial score (nSPS) is 11.8. The summed E-state index contributed by atoms with van der Waals surface area (Å²) in [6.07, 6.45) is 2.37. The van der Waals surface area contributed by atoms with Gasteiger partial charge in [-0.05, 0) is 12.5 Å². The van der Waals surface area contributed by atoms with E-state index >= 15 is 0 Å². The highest BCUT2D eigenvalue weighted by Gasteiger charge is 2.15. The summed E-state index contributed by atoms with van der Waals surface area (Å²) in [4.78, 5) is 0. The Labute approximate surface area is 77.8 Å². The summed E-state index contributed by atoms with van der Waals surface area (Å²) < 4.78 is 26.7. The first-order valence-corrected chi connectivity index (χ1v) is 5.54. The number of aryl methyl sites for hydroxylation is 1. The maximum atomic E-state index is 11.4. The lowest BCUT2D eigenvalue weighted by molar-refractivity contribution is 0.573. The molecule has 0 radical (unpaired) electrons. The lowest BCUT2D eigenvalue weighted by atomic mass is 10.5. The van der Waals surface area contributed by atoms with Gasteiger partial charge in [0.15, 0.2) is 5.03 Å². The summed E-state index contributed by atoms with van der Waals surface area (Å²) >= 11 is 0. The van der Waals surface area contributed by atoms with Crippen LogP contribution in [0, 0.1) is 0 Å². The number of nitrogens with zero attached hydrogens (tertiary/aromatic N) is 2. The number of hydrogen-bond acceptors (Lipinski definition) is 3. The summed E-state index contributed by atoms with van der Waals surface area (Å²) in [5.41, 5.74) is 0. The average molecular weight is 203 g/mol. The maximum absolute atomic E-state index is 11.4. The van der Waals surface area contributed by atoms with Gasteiger partial charge in [-0.25, -0.2) is 13.1 Å². The highest BCUT2D eigenvalue weighted by atomic mass is 32.2. The molecule has 0 unspecified atom stereocenters. The van der Waals surface area contributed by atoms with Crippen LogP contribution in [0.4, 0.5) is 0 Å². The Morgan fingerprint density at radius 2 is 2.31 bits per heavy atom. The Hall–Kier alpha value is -0.880. The van der Waals surface area contributed by atoms with E-state index in [1.54, 1.807) is 13.2 Å². The van der Waals surface area contributed by atoms with Crippen molar-refractivity contribution in [3.05, 3.63) is 12.3 Å². The van der Waals surface area contributed by atoms with Gasteiger partial charge >= 0.3 is 0 Å². The van der Waals surface area contributed by atoms with Crippen molar-refractivity contribution in [2.45, 2.75) is 18.4 Å². The van der Waals surface area contributed by atoms with Crippen LogP contribution < -0.4 is 4.72 Å². The molecule has 0 saturated heterocycles. The zero-order valence-electron chi connectivity index (χ0n) is 7.69. The summed E-state index contributed by atoms with van der Waals surface area (Å²) in [5, 5.41) is 3.87. The second-order valence-electron chi connectivity index (χ2n) is 2.73. The van der Waals surface area contributed by atoms with E-state index in [0.717, 1.165) is 6.42 Å². The third kappa shape index (κ3) is 2.53. The van der Waals surface area contributed by atoms with Crippen molar-refractivity contribution >= 4 is 10.0 Å². The fourth-order valence-corrected chi connectivity index (χ4v) is 1.94. The molecule has 0 amide bonds. The Bertz CT molecular complexity index is 369. The molecule has 0 atom stereocenters. The lowest BCUT2D eigenvalue weighted by Gasteiger charge is -2.00. The van der Waals surface area contributed by atoms with Crippen LogP contribution in [0.2, 0.25) is 0 Å². The van der Waals surface area contributed by atoms with Gasteiger partial charge in [0.05, 0.1) is 0 Å². The van der Waals surface area contributed by atoms with Crippen molar-refractivity contribution in [2.24, 2.45) is 7.05 Å². The van der Waals surface area contributed by atoms with Gasteiger partial charge in [-0.2, -0.15) is 5.10 Å². The quantitative estimate of drug-likeness (QED) is 0.755. The third-order valence-corrected chi connectivity index (χ3v) is 2.86. The molecule has 1 aromatic heterocycles. The van der Waals surface area contributed by atoms with Crippen LogP contribution >= 0.6 is 0 Å². The smallest absolute Gasteiger partial charge is 0.259 e. The van der Waals surface area contributed by atoms with Crippen molar-refractivity contribution in [3.8, 4) is 0 Å². The van der Waals surface area contributed by atoms with Crippen LogP contribution in [-0.2, 0) is 17.1 Å². The Morgan fingerprint density at radius 3 is 2.77 bits per heavy atom. The second-order valence-corrected chi connectivity index (χ2v) is 4.44. The zero-order valence-corrected chi connectivity index (χ0v) is 8.50. The molecule has 0 spiro atoms. The monoisotopic (exact) mass is 203 g/mol. The predicted octanol–water partition coefficient (Wildman–Crippen LogP) is 0.108. The molecule has 1 N–H and O–H groups in total. The van der Waals surface area contributed by atoms with E-state index in [9.17, 15) is 8.42 Å². The molecule has 74 valence electrons. The van der Waals surface area contributed by atoms with E-state index < -0.39 is 10.0 Å². The predicted molar refractivity (Wildman–Crippen MR) is 48.7 cm³/mol. The number of aromatic nitrogens is 2. The summed E-state index contributed by atoms with van der Waals surface area (Å²) in [5.74, 6) is 0. The molecule has 1 aromatic rings. The highest BCUT2D eigenvalue weighted by Crippen LogP contribution is 2.03. The molecule has 1 rings (SSSR count). The summed E-state index contributed by atoms with van der Waals surface area (Å²) in [6.45, 7) is 2.35. The van der Waals surface area contributed by atoms with Gasteiger partial charge in [-0.3, -0.25) is 4.68 Å². The van der Waals surface area contributed by atoms with Crippen LogP contribution in [0.3, 0.4) is 0 Å². The van der Waals surface area contributed by atoms with E-state index in [2.05, 4.69) is 9.82 Å². The van der Waals surface area contributed by atoms with Gasteiger partial charge in [0, 0.05) is 19.8 Å². The van der Waals surface area contributed by atoms with Crippen LogP contribution in [0.5, 0.6) is 0 Å². The number of sulfonamides is 1. The molecular weight excluding hydrogens is 190 g/mol. The fourth-order valence-electron chi connectivity index (χ4n) is 0.847. The average Bonchev–Trinajstić information content (AvgIpc) is 2.49. The van der Waals surface area contributed by atoms with Crippen molar-refractivity contribution in [3.63, 3.8) is 0 Å². The van der Waals surface area contributed by atoms with E-state index in [1.165, 1.54) is 10.7 Å². The van der Waals surface area contributed by atoms with Crippen LogP contribution in [0.25, 0.3) is 0 Å². The van der Waals surface area contributed by atoms with Gasteiger partial charge in [-0.1, -0.05) is 6.92 Å². The molecule has 0 saturated carbocycles. The maximum Gasteiger partial charge on any atom is 0.259 e. The van der Waals surface area contributed by atoms with E-state index in [1.807, 2.05) is 6.92 Å². The van der Waals surface area contributed by atoms with Crippen LogP contribution in [0.15, 0.2) is 17.3 Å². The minimum absolute atomic E-state index is 0.0726. The molecule has 0 bridgehead atoms. The molecule has 0 aromatic carbocycles. The van der Waals surface area contributed by atoms with Crippen LogP contribution in [-0.4, -0.2) is 24.7 Å². The Balaban J connectivity index is 2.82. The standard InChI is InChI=1S/C7H13N3O2S/c1-3-5-8-13(11,12)7-4-6-10(2)9-7/h4,6,8H,3,5H2,1-2H3. The Kier molecular flexibility index (Phi) is 3.05. The third-order valence-electron chi connectivity index (χ3n) is 1.51. The van der Waals surface area contributed by atoms with Gasteiger partial charge in [0.25, 0.3) is 10.0 Å². The fraction of sp³-hybridized carbons (Fsp3) is 0.571. The molecule has 0 aliphatic carbocycles. The molecule has 0 aliphatic heterocycles. The molecule has 0 fully saturated rings. The summed E-state index contributed by atoms with van der Waals surface area (Å²) in [6, 6.07) is 1.47. The lowest BCUT2D eigenvalue weighted by Crippen LogP contribution is -2.24.